The maximum absolute atomic E-state index is 12.0. The highest BCUT2D eigenvalue weighted by atomic mass is 19.4. The number of carbonyl (C=O) groups is 2. The Balaban J connectivity index is 2.54. The lowest BCUT2D eigenvalue weighted by molar-refractivity contribution is -0.162. The Hall–Kier alpha value is -1.47. The van der Waals surface area contributed by atoms with Crippen LogP contribution < -0.4 is 5.32 Å². The van der Waals surface area contributed by atoms with E-state index in [4.69, 9.17) is 0 Å². The van der Waals surface area contributed by atoms with Crippen molar-refractivity contribution in [2.75, 3.05) is 19.7 Å². The third-order valence-corrected chi connectivity index (χ3v) is 2.94. The molecular weight excluding hydrogens is 289 g/mol. The number of carbonyl (C=O) groups excluding carboxylic acids is 2. The highest BCUT2D eigenvalue weighted by Gasteiger charge is 2.37. The highest BCUT2D eigenvalue weighted by molar-refractivity contribution is 5.86. The van der Waals surface area contributed by atoms with E-state index < -0.39 is 24.9 Å². The van der Waals surface area contributed by atoms with Gasteiger partial charge < -0.3 is 10.1 Å². The molecule has 1 atom stereocenters. The average Bonchev–Trinajstić information content (AvgIpc) is 2.80. The van der Waals surface area contributed by atoms with Crippen LogP contribution in [0.5, 0.6) is 0 Å². The van der Waals surface area contributed by atoms with E-state index in [1.165, 1.54) is 0 Å². The van der Waals surface area contributed by atoms with Gasteiger partial charge >= 0.3 is 12.3 Å². The van der Waals surface area contributed by atoms with E-state index in [0.717, 1.165) is 4.90 Å². The summed E-state index contributed by atoms with van der Waals surface area (Å²) in [5.74, 6) is -0.355. The quantitative estimate of drug-likeness (QED) is 0.870. The van der Waals surface area contributed by atoms with E-state index in [-0.39, 0.29) is 17.9 Å². The molecular formula is C13H21F3N2O3. The van der Waals surface area contributed by atoms with Crippen LogP contribution in [0.3, 0.4) is 0 Å². The van der Waals surface area contributed by atoms with Gasteiger partial charge in [0.25, 0.3) is 0 Å². The molecule has 0 aromatic carbocycles. The van der Waals surface area contributed by atoms with Crippen molar-refractivity contribution in [2.24, 2.45) is 5.41 Å². The van der Waals surface area contributed by atoms with E-state index in [1.54, 1.807) is 0 Å². The van der Waals surface area contributed by atoms with Crippen molar-refractivity contribution in [2.45, 2.75) is 45.8 Å². The van der Waals surface area contributed by atoms with Crippen LogP contribution >= 0.6 is 0 Å². The maximum Gasteiger partial charge on any atom is 0.422 e. The molecule has 0 saturated carbocycles. The summed E-state index contributed by atoms with van der Waals surface area (Å²) in [4.78, 5) is 24.7. The largest absolute Gasteiger partial charge is 0.440 e. The van der Waals surface area contributed by atoms with Crippen LogP contribution in [0.15, 0.2) is 0 Å². The van der Waals surface area contributed by atoms with Gasteiger partial charge in [-0.2, -0.15) is 13.2 Å². The summed E-state index contributed by atoms with van der Waals surface area (Å²) >= 11 is 0. The van der Waals surface area contributed by atoms with Crippen LogP contribution in [-0.2, 0) is 9.53 Å². The van der Waals surface area contributed by atoms with Gasteiger partial charge in [-0.25, -0.2) is 4.79 Å². The second-order valence-corrected chi connectivity index (χ2v) is 6.30. The molecule has 2 amide bonds. The molecule has 21 heavy (non-hydrogen) atoms. The zero-order valence-electron chi connectivity index (χ0n) is 12.4. The van der Waals surface area contributed by atoms with Gasteiger partial charge in [0.2, 0.25) is 5.91 Å². The minimum Gasteiger partial charge on any atom is -0.440 e. The fraction of sp³-hybridized carbons (Fsp3) is 0.846. The van der Waals surface area contributed by atoms with E-state index in [0.29, 0.717) is 19.4 Å². The molecule has 0 aliphatic carbocycles. The Morgan fingerprint density at radius 3 is 2.43 bits per heavy atom. The molecule has 8 heteroatoms. The Morgan fingerprint density at radius 2 is 1.90 bits per heavy atom. The molecule has 1 aliphatic heterocycles. The summed E-state index contributed by atoms with van der Waals surface area (Å²) in [5, 5.41) is 2.71. The predicted molar refractivity (Wildman–Crippen MR) is 69.6 cm³/mol. The lowest BCUT2D eigenvalue weighted by Crippen LogP contribution is -2.48. The number of hydrogen-bond donors (Lipinski definition) is 1. The first-order valence-corrected chi connectivity index (χ1v) is 6.77. The van der Waals surface area contributed by atoms with Gasteiger partial charge in [-0.1, -0.05) is 20.8 Å². The molecule has 0 unspecified atom stereocenters. The molecule has 1 N–H and O–H groups in total. The van der Waals surface area contributed by atoms with Crippen molar-refractivity contribution in [3.05, 3.63) is 0 Å². The van der Waals surface area contributed by atoms with Crippen LogP contribution in [-0.4, -0.2) is 48.8 Å². The predicted octanol–water partition coefficient (Wildman–Crippen LogP) is 2.31. The summed E-state index contributed by atoms with van der Waals surface area (Å²) in [6.45, 7) is 4.84. The normalized spacial score (nSPS) is 19.5. The maximum atomic E-state index is 12.0. The molecule has 0 bridgehead atoms. The van der Waals surface area contributed by atoms with Gasteiger partial charge in [-0.05, 0) is 18.3 Å². The van der Waals surface area contributed by atoms with Gasteiger partial charge in [0.1, 0.15) is 6.04 Å². The lowest BCUT2D eigenvalue weighted by Gasteiger charge is -2.25. The summed E-state index contributed by atoms with van der Waals surface area (Å²) in [5.41, 5.74) is -0.115. The van der Waals surface area contributed by atoms with Gasteiger partial charge in [0, 0.05) is 13.1 Å². The standard InChI is InChI=1S/C13H21F3N2O3/c1-12(2,3)7-17-10(19)9-5-4-6-18(9)11(20)21-8-13(14,15)16/h9H,4-8H2,1-3H3,(H,17,19)/t9-/m1/s1. The molecule has 122 valence electrons. The number of likely N-dealkylation sites (tertiary alicyclic amines) is 1. The van der Waals surface area contributed by atoms with Crippen molar-refractivity contribution >= 4 is 12.0 Å². The van der Waals surface area contributed by atoms with Crippen molar-refractivity contribution in [3.8, 4) is 0 Å². The average molecular weight is 310 g/mol. The Kier molecular flexibility index (Phi) is 5.47. The number of amides is 2. The summed E-state index contributed by atoms with van der Waals surface area (Å²) < 4.78 is 40.3. The second kappa shape index (κ2) is 6.53. The van der Waals surface area contributed by atoms with Crippen LogP contribution in [0.25, 0.3) is 0 Å². The minimum absolute atomic E-state index is 0.115. The molecule has 1 rings (SSSR count). The smallest absolute Gasteiger partial charge is 0.422 e. The SMILES string of the molecule is CC(C)(C)CNC(=O)[C@H]1CCCN1C(=O)OCC(F)(F)F. The number of rotatable bonds is 3. The molecule has 5 nitrogen and oxygen atoms in total. The second-order valence-electron chi connectivity index (χ2n) is 6.30. The van der Waals surface area contributed by atoms with Crippen LogP contribution in [0.1, 0.15) is 33.6 Å². The molecule has 1 aliphatic rings. The molecule has 0 radical (unpaired) electrons. The molecule has 1 saturated heterocycles. The summed E-state index contributed by atoms with van der Waals surface area (Å²) in [7, 11) is 0. The number of nitrogens with zero attached hydrogens (tertiary/aromatic N) is 1. The first-order valence-electron chi connectivity index (χ1n) is 6.77. The number of alkyl halides is 3. The fourth-order valence-electron chi connectivity index (χ4n) is 1.95. The topological polar surface area (TPSA) is 58.6 Å². The Labute approximate surface area is 121 Å². The monoisotopic (exact) mass is 310 g/mol. The Morgan fingerprint density at radius 1 is 1.29 bits per heavy atom. The summed E-state index contributed by atoms with van der Waals surface area (Å²) in [6, 6.07) is -0.756. The van der Waals surface area contributed by atoms with Gasteiger partial charge in [-0.3, -0.25) is 9.69 Å². The van der Waals surface area contributed by atoms with Crippen LogP contribution in [0.4, 0.5) is 18.0 Å². The highest BCUT2D eigenvalue weighted by Crippen LogP contribution is 2.21. The van der Waals surface area contributed by atoms with Crippen molar-refractivity contribution in [3.63, 3.8) is 0 Å². The van der Waals surface area contributed by atoms with Crippen LogP contribution in [0.2, 0.25) is 0 Å². The fourth-order valence-corrected chi connectivity index (χ4v) is 1.95. The third-order valence-electron chi connectivity index (χ3n) is 2.94. The third kappa shape index (κ3) is 6.22. The number of hydrogen-bond acceptors (Lipinski definition) is 3. The van der Waals surface area contributed by atoms with E-state index in [1.807, 2.05) is 20.8 Å². The van der Waals surface area contributed by atoms with Crippen molar-refractivity contribution in [1.82, 2.24) is 10.2 Å². The van der Waals surface area contributed by atoms with Gasteiger partial charge in [0.05, 0.1) is 0 Å². The first kappa shape index (κ1) is 17.6. The van der Waals surface area contributed by atoms with Crippen molar-refractivity contribution < 1.29 is 27.5 Å². The molecule has 0 spiro atoms. The van der Waals surface area contributed by atoms with E-state index >= 15 is 0 Å². The van der Waals surface area contributed by atoms with Crippen LogP contribution in [0, 0.1) is 5.41 Å². The first-order chi connectivity index (χ1) is 9.49. The number of nitrogens with one attached hydrogen (secondary N) is 1. The molecule has 0 aromatic heterocycles. The van der Waals surface area contributed by atoms with E-state index in [2.05, 4.69) is 10.1 Å². The lowest BCUT2D eigenvalue weighted by atomic mass is 9.97. The summed E-state index contributed by atoms with van der Waals surface area (Å²) in [6.07, 6.45) is -4.67. The zero-order chi connectivity index (χ0) is 16.3. The minimum atomic E-state index is -4.57. The Bertz CT molecular complexity index is 355. The molecule has 0 aromatic rings. The van der Waals surface area contributed by atoms with Gasteiger partial charge in [0.15, 0.2) is 6.61 Å². The number of halogens is 3. The zero-order valence-corrected chi connectivity index (χ0v) is 12.4. The molecule has 1 fully saturated rings. The van der Waals surface area contributed by atoms with E-state index in [9.17, 15) is 22.8 Å². The van der Waals surface area contributed by atoms with Gasteiger partial charge in [-0.15, -0.1) is 0 Å². The molecule has 1 heterocycles. The number of ether oxygens (including phenoxy) is 1. The van der Waals surface area contributed by atoms with Crippen molar-refractivity contribution in [1.29, 1.82) is 0 Å².